The fraction of sp³-hybridized carbons (Fsp3) is 0.962. The first kappa shape index (κ1) is 31.3. The monoisotopic (exact) mass is 460 g/mol. The van der Waals surface area contributed by atoms with E-state index in [1.807, 2.05) is 0 Å². The van der Waals surface area contributed by atoms with Crippen molar-refractivity contribution in [3.05, 3.63) is 0 Å². The molecule has 0 aromatic rings. The van der Waals surface area contributed by atoms with E-state index in [4.69, 9.17) is 23.7 Å². The Kier molecular flexibility index (Phi) is 27.7. The van der Waals surface area contributed by atoms with E-state index >= 15 is 0 Å². The Bertz CT molecular complexity index is 364. The van der Waals surface area contributed by atoms with Crippen LogP contribution in [0.25, 0.3) is 0 Å². The molecule has 0 aliphatic heterocycles. The molecule has 0 spiro atoms. The third kappa shape index (κ3) is 27.3. The number of carbonyl (C=O) groups is 1. The Morgan fingerprint density at radius 3 is 1.31 bits per heavy atom. The van der Waals surface area contributed by atoms with E-state index in [-0.39, 0.29) is 5.97 Å². The van der Waals surface area contributed by atoms with E-state index < -0.39 is 0 Å². The average molecular weight is 461 g/mol. The molecule has 0 amide bonds. The standard InChI is InChI=1S/C26H52O6/c1-3-5-7-9-10-11-13-15-17-28-18-19-29-20-21-30-22-23-31-24-25-32-26(27)16-14-12-8-6-4-2/h3-25H2,1-2H3. The molecular formula is C26H52O6. The number of rotatable bonds is 27. The minimum absolute atomic E-state index is 0.125. The molecule has 0 aromatic heterocycles. The summed E-state index contributed by atoms with van der Waals surface area (Å²) < 4.78 is 27.1. The molecule has 0 aromatic carbocycles. The van der Waals surface area contributed by atoms with Crippen molar-refractivity contribution in [2.24, 2.45) is 0 Å². The first-order chi connectivity index (χ1) is 15.8. The van der Waals surface area contributed by atoms with E-state index in [1.54, 1.807) is 0 Å². The number of esters is 1. The highest BCUT2D eigenvalue weighted by atomic mass is 16.6. The molecule has 0 atom stereocenters. The highest BCUT2D eigenvalue weighted by molar-refractivity contribution is 5.69. The maximum atomic E-state index is 11.6. The van der Waals surface area contributed by atoms with Gasteiger partial charge in [0.1, 0.15) is 6.61 Å². The predicted molar refractivity (Wildman–Crippen MR) is 130 cm³/mol. The highest BCUT2D eigenvalue weighted by Crippen LogP contribution is 2.08. The summed E-state index contributed by atoms with van der Waals surface area (Å²) in [7, 11) is 0. The van der Waals surface area contributed by atoms with Crippen LogP contribution in [0.3, 0.4) is 0 Å². The Labute approximate surface area is 198 Å². The van der Waals surface area contributed by atoms with E-state index in [9.17, 15) is 4.79 Å². The summed E-state index contributed by atoms with van der Waals surface area (Å²) in [6.45, 7) is 9.39. The van der Waals surface area contributed by atoms with Crippen LogP contribution in [-0.4, -0.2) is 65.4 Å². The Balaban J connectivity index is 3.08. The minimum atomic E-state index is -0.125. The smallest absolute Gasteiger partial charge is 0.305 e. The van der Waals surface area contributed by atoms with E-state index in [0.29, 0.717) is 59.3 Å². The zero-order chi connectivity index (χ0) is 23.4. The van der Waals surface area contributed by atoms with Crippen molar-refractivity contribution in [2.75, 3.05) is 59.5 Å². The molecule has 0 N–H and O–H groups in total. The molecule has 6 heteroatoms. The van der Waals surface area contributed by atoms with Crippen LogP contribution in [0.5, 0.6) is 0 Å². The summed E-state index contributed by atoms with van der Waals surface area (Å²) >= 11 is 0. The molecule has 0 radical (unpaired) electrons. The molecule has 0 aliphatic carbocycles. The molecule has 0 aliphatic rings. The van der Waals surface area contributed by atoms with Gasteiger partial charge in [-0.05, 0) is 12.8 Å². The van der Waals surface area contributed by atoms with Gasteiger partial charge >= 0.3 is 5.97 Å². The molecular weight excluding hydrogens is 408 g/mol. The lowest BCUT2D eigenvalue weighted by Crippen LogP contribution is -2.14. The fourth-order valence-corrected chi connectivity index (χ4v) is 3.26. The highest BCUT2D eigenvalue weighted by Gasteiger charge is 2.02. The quantitative estimate of drug-likeness (QED) is 0.109. The SMILES string of the molecule is CCCCCCCCCCOCCOCCOCCOCCOC(=O)CCCCCCC. The van der Waals surface area contributed by atoms with Crippen LogP contribution in [0.2, 0.25) is 0 Å². The largest absolute Gasteiger partial charge is 0.463 e. The van der Waals surface area contributed by atoms with Crippen molar-refractivity contribution in [1.82, 2.24) is 0 Å². The van der Waals surface area contributed by atoms with Crippen molar-refractivity contribution >= 4 is 5.97 Å². The number of unbranched alkanes of at least 4 members (excludes halogenated alkanes) is 11. The van der Waals surface area contributed by atoms with Crippen molar-refractivity contribution in [3.8, 4) is 0 Å². The number of ether oxygens (including phenoxy) is 5. The van der Waals surface area contributed by atoms with Gasteiger partial charge < -0.3 is 23.7 Å². The predicted octanol–water partition coefficient (Wildman–Crippen LogP) is 6.10. The van der Waals surface area contributed by atoms with Gasteiger partial charge in [0.15, 0.2) is 0 Å². The maximum Gasteiger partial charge on any atom is 0.305 e. The minimum Gasteiger partial charge on any atom is -0.463 e. The maximum absolute atomic E-state index is 11.6. The summed E-state index contributed by atoms with van der Waals surface area (Å²) in [5, 5.41) is 0. The molecule has 0 bridgehead atoms. The lowest BCUT2D eigenvalue weighted by atomic mass is 10.1. The zero-order valence-corrected chi connectivity index (χ0v) is 21.2. The molecule has 6 nitrogen and oxygen atoms in total. The Morgan fingerprint density at radius 1 is 0.438 bits per heavy atom. The van der Waals surface area contributed by atoms with Gasteiger partial charge in [-0.2, -0.15) is 0 Å². The molecule has 32 heavy (non-hydrogen) atoms. The topological polar surface area (TPSA) is 63.2 Å². The van der Waals surface area contributed by atoms with Crippen molar-refractivity contribution < 1.29 is 28.5 Å². The molecule has 192 valence electrons. The van der Waals surface area contributed by atoms with Crippen LogP contribution in [0.1, 0.15) is 104 Å². The van der Waals surface area contributed by atoms with Gasteiger partial charge in [0, 0.05) is 13.0 Å². The van der Waals surface area contributed by atoms with E-state index in [0.717, 1.165) is 25.9 Å². The summed E-state index contributed by atoms with van der Waals surface area (Å²) in [5.74, 6) is -0.125. The molecule has 0 saturated carbocycles. The van der Waals surface area contributed by atoms with E-state index in [2.05, 4.69) is 13.8 Å². The first-order valence-electron chi connectivity index (χ1n) is 13.3. The third-order valence-electron chi connectivity index (χ3n) is 5.23. The second-order valence-corrected chi connectivity index (χ2v) is 8.31. The summed E-state index contributed by atoms with van der Waals surface area (Å²) in [6, 6.07) is 0. The normalized spacial score (nSPS) is 11.2. The molecule has 0 rings (SSSR count). The van der Waals surface area contributed by atoms with Crippen LogP contribution in [-0.2, 0) is 28.5 Å². The summed E-state index contributed by atoms with van der Waals surface area (Å²) in [6.07, 6.45) is 16.8. The zero-order valence-electron chi connectivity index (χ0n) is 21.2. The lowest BCUT2D eigenvalue weighted by molar-refractivity contribution is -0.145. The van der Waals surface area contributed by atoms with Gasteiger partial charge in [-0.1, -0.05) is 84.5 Å². The van der Waals surface area contributed by atoms with E-state index in [1.165, 1.54) is 64.2 Å². The third-order valence-corrected chi connectivity index (χ3v) is 5.23. The van der Waals surface area contributed by atoms with Gasteiger partial charge in [0.25, 0.3) is 0 Å². The second kappa shape index (κ2) is 28.3. The van der Waals surface area contributed by atoms with Crippen LogP contribution in [0.15, 0.2) is 0 Å². The molecule has 0 fully saturated rings. The molecule has 0 saturated heterocycles. The van der Waals surface area contributed by atoms with Crippen molar-refractivity contribution in [2.45, 2.75) is 104 Å². The van der Waals surface area contributed by atoms with Gasteiger partial charge in [-0.25, -0.2) is 0 Å². The molecule has 0 unspecified atom stereocenters. The lowest BCUT2D eigenvalue weighted by Gasteiger charge is -2.08. The van der Waals surface area contributed by atoms with Crippen LogP contribution >= 0.6 is 0 Å². The van der Waals surface area contributed by atoms with Gasteiger partial charge in [0.2, 0.25) is 0 Å². The average Bonchev–Trinajstić information content (AvgIpc) is 2.80. The summed E-state index contributed by atoms with van der Waals surface area (Å²) in [5.41, 5.74) is 0. The van der Waals surface area contributed by atoms with Crippen molar-refractivity contribution in [3.63, 3.8) is 0 Å². The van der Waals surface area contributed by atoms with Crippen LogP contribution < -0.4 is 0 Å². The summed E-state index contributed by atoms with van der Waals surface area (Å²) in [4.78, 5) is 11.6. The number of hydrogen-bond acceptors (Lipinski definition) is 6. The van der Waals surface area contributed by atoms with Gasteiger partial charge in [-0.15, -0.1) is 0 Å². The van der Waals surface area contributed by atoms with Crippen LogP contribution in [0.4, 0.5) is 0 Å². The van der Waals surface area contributed by atoms with Crippen LogP contribution in [0, 0.1) is 0 Å². The second-order valence-electron chi connectivity index (χ2n) is 8.31. The number of carbonyl (C=O) groups excluding carboxylic acids is 1. The molecule has 0 heterocycles. The number of hydrogen-bond donors (Lipinski definition) is 0. The van der Waals surface area contributed by atoms with Gasteiger partial charge in [0.05, 0.1) is 46.2 Å². The van der Waals surface area contributed by atoms with Gasteiger partial charge in [-0.3, -0.25) is 4.79 Å². The first-order valence-corrected chi connectivity index (χ1v) is 13.3. The van der Waals surface area contributed by atoms with Crippen molar-refractivity contribution in [1.29, 1.82) is 0 Å². The Hall–Kier alpha value is -0.690. The Morgan fingerprint density at radius 2 is 0.812 bits per heavy atom. The fourth-order valence-electron chi connectivity index (χ4n) is 3.26.